The third-order valence-electron chi connectivity index (χ3n) is 8.77. The molecule has 0 spiro atoms. The maximum atomic E-state index is 14.4. The molecule has 10 heteroatoms. The van der Waals surface area contributed by atoms with Crippen molar-refractivity contribution in [3.8, 4) is 11.5 Å². The fourth-order valence-corrected chi connectivity index (χ4v) is 11.6. The first-order chi connectivity index (χ1) is 23.6. The van der Waals surface area contributed by atoms with Gasteiger partial charge in [0.15, 0.2) is 0 Å². The highest BCUT2D eigenvalue weighted by Gasteiger charge is 2.44. The van der Waals surface area contributed by atoms with Crippen molar-refractivity contribution in [3.05, 3.63) is 141 Å². The number of carbonyl (C=O) groups excluding carboxylic acids is 1. The molecule has 0 radical (unpaired) electrons. The van der Waals surface area contributed by atoms with Crippen molar-refractivity contribution in [3.63, 3.8) is 0 Å². The van der Waals surface area contributed by atoms with E-state index in [0.717, 1.165) is 36.2 Å². The molecule has 0 aromatic heterocycles. The number of carbonyl (C=O) groups is 1. The van der Waals surface area contributed by atoms with E-state index in [2.05, 4.69) is 46.9 Å². The Morgan fingerprint density at radius 2 is 1.41 bits per heavy atom. The lowest BCUT2D eigenvalue weighted by Crippen LogP contribution is -2.49. The Kier molecular flexibility index (Phi) is 10.7. The summed E-state index contributed by atoms with van der Waals surface area (Å²) in [6, 6.07) is 35.1. The minimum atomic E-state index is -4.02. The molecule has 252 valence electrons. The van der Waals surface area contributed by atoms with Gasteiger partial charge < -0.3 is 14.2 Å². The van der Waals surface area contributed by atoms with Gasteiger partial charge in [-0.2, -0.15) is 4.31 Å². The fourth-order valence-electron chi connectivity index (χ4n) is 6.46. The van der Waals surface area contributed by atoms with E-state index in [1.54, 1.807) is 50.6 Å². The van der Waals surface area contributed by atoms with E-state index in [-0.39, 0.29) is 11.5 Å². The topological polar surface area (TPSA) is 82.1 Å². The molecule has 0 unspecified atom stereocenters. The predicted molar refractivity (Wildman–Crippen MR) is 204 cm³/mol. The highest BCUT2D eigenvalue weighted by atomic mass is 127. The number of nitrogens with zero attached hydrogens (tertiary/aromatic N) is 1. The van der Waals surface area contributed by atoms with E-state index >= 15 is 0 Å². The molecule has 6 rings (SSSR count). The van der Waals surface area contributed by atoms with Gasteiger partial charge in [0.1, 0.15) is 18.1 Å². The Morgan fingerprint density at radius 3 is 2.00 bits per heavy atom. The highest BCUT2D eigenvalue weighted by Crippen LogP contribution is 2.46. The zero-order valence-corrected chi connectivity index (χ0v) is 31.5. The Hall–Kier alpha value is -3.76. The van der Waals surface area contributed by atoms with Gasteiger partial charge in [-0.3, -0.25) is 0 Å². The van der Waals surface area contributed by atoms with E-state index in [9.17, 15) is 13.2 Å². The van der Waals surface area contributed by atoms with Gasteiger partial charge in [-0.1, -0.05) is 96.6 Å². The summed E-state index contributed by atoms with van der Waals surface area (Å²) in [7, 11) is -1.94. The standard InChI is InChI=1S/C39H37INO6PS/c1-26-19-21-31(22-20-26)49(43,44)41-27(2)37-33(38(40)35(46-4)24-34(37)45-3)23-28(41)25-47-39(42)32-17-11-12-18-36(32)48(29-13-7-5-8-14-29)30-15-9-6-10-16-30/h5-22,24,27-28H,23,25H2,1-4H3/t27-,28+/m1/s1. The number of methoxy groups -OCH3 is 2. The molecule has 7 nitrogen and oxygen atoms in total. The number of hydrogen-bond donors (Lipinski definition) is 0. The molecule has 1 heterocycles. The summed E-state index contributed by atoms with van der Waals surface area (Å²) in [6.45, 7) is 3.62. The summed E-state index contributed by atoms with van der Waals surface area (Å²) < 4.78 is 48.8. The normalized spacial score (nSPS) is 16.2. The molecular formula is C39H37INO6PS. The van der Waals surface area contributed by atoms with E-state index in [1.165, 1.54) is 4.31 Å². The average molecular weight is 806 g/mol. The van der Waals surface area contributed by atoms with Gasteiger partial charge in [0, 0.05) is 11.6 Å². The van der Waals surface area contributed by atoms with Crippen LogP contribution in [0.4, 0.5) is 0 Å². The first kappa shape index (κ1) is 35.1. The van der Waals surface area contributed by atoms with Crippen LogP contribution in [0.1, 0.15) is 40.0 Å². The molecule has 0 saturated heterocycles. The van der Waals surface area contributed by atoms with Crippen molar-refractivity contribution >= 4 is 62.4 Å². The van der Waals surface area contributed by atoms with Gasteiger partial charge in [-0.25, -0.2) is 13.2 Å². The van der Waals surface area contributed by atoms with E-state index in [4.69, 9.17) is 14.2 Å². The number of halogens is 1. The van der Waals surface area contributed by atoms with Crippen molar-refractivity contribution in [2.24, 2.45) is 0 Å². The smallest absolute Gasteiger partial charge is 0.338 e. The molecule has 1 aliphatic heterocycles. The second-order valence-electron chi connectivity index (χ2n) is 11.8. The fraction of sp³-hybridized carbons (Fsp3) is 0.205. The zero-order chi connectivity index (χ0) is 34.7. The minimum Gasteiger partial charge on any atom is -0.496 e. The maximum Gasteiger partial charge on any atom is 0.338 e. The summed E-state index contributed by atoms with van der Waals surface area (Å²) in [5.74, 6) is 0.681. The van der Waals surface area contributed by atoms with Crippen LogP contribution >= 0.6 is 30.5 Å². The molecule has 0 bridgehead atoms. The lowest BCUT2D eigenvalue weighted by Gasteiger charge is -2.41. The molecule has 0 amide bonds. The third-order valence-corrected chi connectivity index (χ3v) is 14.5. The van der Waals surface area contributed by atoms with E-state index in [0.29, 0.717) is 23.5 Å². The lowest BCUT2D eigenvalue weighted by molar-refractivity contribution is 0.0387. The minimum absolute atomic E-state index is 0.147. The Morgan fingerprint density at radius 1 is 0.837 bits per heavy atom. The SMILES string of the molecule is COc1cc(OC)c2c(c1I)C[C@@H](COC(=O)c1ccccc1P(c1ccccc1)c1ccccc1)N(S(=O)(=O)c1ccc(C)cc1)[C@@H]2C. The first-order valence-electron chi connectivity index (χ1n) is 15.9. The zero-order valence-electron chi connectivity index (χ0n) is 27.7. The monoisotopic (exact) mass is 805 g/mol. The van der Waals surface area contributed by atoms with Crippen molar-refractivity contribution in [1.29, 1.82) is 0 Å². The van der Waals surface area contributed by atoms with Crippen molar-refractivity contribution < 1.29 is 27.4 Å². The molecule has 0 saturated carbocycles. The number of benzene rings is 5. The summed E-state index contributed by atoms with van der Waals surface area (Å²) in [5, 5.41) is 3.08. The summed E-state index contributed by atoms with van der Waals surface area (Å²) >= 11 is 2.24. The molecule has 5 aromatic rings. The largest absolute Gasteiger partial charge is 0.496 e. The van der Waals surface area contributed by atoms with Gasteiger partial charge >= 0.3 is 5.97 Å². The van der Waals surface area contributed by atoms with Crippen LogP contribution in [0.5, 0.6) is 11.5 Å². The molecule has 1 aliphatic rings. The summed E-state index contributed by atoms with van der Waals surface area (Å²) in [6.07, 6.45) is 0.298. The van der Waals surface area contributed by atoms with Crippen molar-refractivity contribution in [1.82, 2.24) is 4.31 Å². The van der Waals surface area contributed by atoms with Crippen LogP contribution in [0.25, 0.3) is 0 Å². The number of fused-ring (bicyclic) bond motifs is 1. The Balaban J connectivity index is 1.39. The average Bonchev–Trinajstić information content (AvgIpc) is 3.12. The Labute approximate surface area is 303 Å². The molecule has 2 atom stereocenters. The van der Waals surface area contributed by atoms with Crippen LogP contribution in [0, 0.1) is 10.5 Å². The van der Waals surface area contributed by atoms with Crippen LogP contribution < -0.4 is 25.4 Å². The van der Waals surface area contributed by atoms with Gasteiger partial charge in [0.2, 0.25) is 10.0 Å². The quantitative estimate of drug-likeness (QED) is 0.0868. The number of aryl methyl sites for hydroxylation is 1. The predicted octanol–water partition coefficient (Wildman–Crippen LogP) is 6.91. The summed E-state index contributed by atoms with van der Waals surface area (Å²) in [4.78, 5) is 14.3. The van der Waals surface area contributed by atoms with Gasteiger partial charge in [-0.15, -0.1) is 0 Å². The van der Waals surface area contributed by atoms with E-state index < -0.39 is 36.0 Å². The third kappa shape index (κ3) is 6.99. The molecule has 5 aromatic carbocycles. The number of hydrogen-bond acceptors (Lipinski definition) is 6. The number of rotatable bonds is 10. The molecular weight excluding hydrogens is 768 g/mol. The molecule has 0 fully saturated rings. The highest BCUT2D eigenvalue weighted by molar-refractivity contribution is 14.1. The number of esters is 1. The van der Waals surface area contributed by atoms with Crippen LogP contribution in [-0.4, -0.2) is 45.6 Å². The van der Waals surface area contributed by atoms with Crippen LogP contribution in [0.2, 0.25) is 0 Å². The maximum absolute atomic E-state index is 14.4. The summed E-state index contributed by atoms with van der Waals surface area (Å²) in [5.41, 5.74) is 3.09. The number of sulfonamides is 1. The van der Waals surface area contributed by atoms with Gasteiger partial charge in [-0.05, 0) is 90.5 Å². The first-order valence-corrected chi connectivity index (χ1v) is 19.7. The molecule has 0 N–H and O–H groups in total. The van der Waals surface area contributed by atoms with Gasteiger partial charge in [0.25, 0.3) is 0 Å². The molecule has 49 heavy (non-hydrogen) atoms. The number of ether oxygens (including phenoxy) is 3. The Bertz CT molecular complexity index is 2020. The van der Waals surface area contributed by atoms with Crippen LogP contribution in [0.15, 0.2) is 120 Å². The second kappa shape index (κ2) is 15.0. The second-order valence-corrected chi connectivity index (χ2v) is 16.9. The molecule has 0 aliphatic carbocycles. The van der Waals surface area contributed by atoms with Crippen LogP contribution in [0.3, 0.4) is 0 Å². The van der Waals surface area contributed by atoms with E-state index in [1.807, 2.05) is 68.4 Å². The van der Waals surface area contributed by atoms with Gasteiger partial charge in [0.05, 0.1) is 40.3 Å². The van der Waals surface area contributed by atoms with Crippen LogP contribution in [-0.2, 0) is 21.2 Å². The van der Waals surface area contributed by atoms with Crippen molar-refractivity contribution in [2.75, 3.05) is 20.8 Å². The lowest BCUT2D eigenvalue weighted by atomic mass is 9.90. The van der Waals surface area contributed by atoms with Crippen molar-refractivity contribution in [2.45, 2.75) is 37.2 Å².